The summed E-state index contributed by atoms with van der Waals surface area (Å²) in [6, 6.07) is 11.7. The first-order valence-electron chi connectivity index (χ1n) is 7.80. The maximum Gasteiger partial charge on any atom is 0.226 e. The Kier molecular flexibility index (Phi) is 4.53. The van der Waals surface area contributed by atoms with Gasteiger partial charge in [0.05, 0.1) is 15.1 Å². The van der Waals surface area contributed by atoms with E-state index in [2.05, 4.69) is 20.4 Å². The molecule has 0 radical (unpaired) electrons. The molecule has 0 fully saturated rings. The summed E-state index contributed by atoms with van der Waals surface area (Å²) in [4.78, 5) is 21.8. The van der Waals surface area contributed by atoms with Crippen molar-refractivity contribution in [3.05, 3.63) is 47.7 Å². The van der Waals surface area contributed by atoms with Gasteiger partial charge in [0.2, 0.25) is 17.6 Å². The zero-order valence-corrected chi connectivity index (χ0v) is 14.8. The van der Waals surface area contributed by atoms with Crippen molar-refractivity contribution in [1.29, 1.82) is 0 Å². The van der Waals surface area contributed by atoms with E-state index >= 15 is 0 Å². The van der Waals surface area contributed by atoms with E-state index < -0.39 is 0 Å². The highest BCUT2D eigenvalue weighted by Gasteiger charge is 2.11. The zero-order chi connectivity index (χ0) is 17.1. The number of aryl methyl sites for hydroxylation is 1. The molecule has 0 aliphatic heterocycles. The summed E-state index contributed by atoms with van der Waals surface area (Å²) in [5, 5.41) is 9.41. The number of aromatic nitrogens is 3. The molecule has 0 aliphatic carbocycles. The fourth-order valence-corrected chi connectivity index (χ4v) is 3.90. The molecule has 6 nitrogen and oxygen atoms in total. The number of nitrogens with zero attached hydrogens (tertiary/aromatic N) is 3. The maximum absolute atomic E-state index is 12.1. The second kappa shape index (κ2) is 7.12. The molecule has 0 atom stereocenters. The Morgan fingerprint density at radius 3 is 2.92 bits per heavy atom. The Balaban J connectivity index is 1.29. The van der Waals surface area contributed by atoms with Crippen LogP contribution in [0.15, 0.2) is 46.3 Å². The van der Waals surface area contributed by atoms with Crippen molar-refractivity contribution < 1.29 is 9.32 Å². The van der Waals surface area contributed by atoms with Gasteiger partial charge < -0.3 is 9.84 Å². The third-order valence-electron chi connectivity index (χ3n) is 3.54. The van der Waals surface area contributed by atoms with E-state index in [-0.39, 0.29) is 5.91 Å². The van der Waals surface area contributed by atoms with Crippen molar-refractivity contribution in [2.24, 2.45) is 0 Å². The van der Waals surface area contributed by atoms with Crippen LogP contribution in [0.25, 0.3) is 20.9 Å². The first-order chi connectivity index (χ1) is 12.3. The van der Waals surface area contributed by atoms with Crippen molar-refractivity contribution in [1.82, 2.24) is 15.1 Å². The Bertz CT molecular complexity index is 958. The fourth-order valence-electron chi connectivity index (χ4n) is 2.37. The number of thiazole rings is 1. The second-order valence-electron chi connectivity index (χ2n) is 5.38. The van der Waals surface area contributed by atoms with Crippen molar-refractivity contribution in [3.8, 4) is 10.7 Å². The van der Waals surface area contributed by atoms with Crippen LogP contribution < -0.4 is 5.32 Å². The topological polar surface area (TPSA) is 80.9 Å². The minimum Gasteiger partial charge on any atom is -0.339 e. The number of nitrogens with one attached hydrogen (secondary N) is 1. The van der Waals surface area contributed by atoms with Gasteiger partial charge in [-0.1, -0.05) is 34.7 Å². The summed E-state index contributed by atoms with van der Waals surface area (Å²) in [6.07, 6.45) is 1.60. The minimum absolute atomic E-state index is 0.0583. The summed E-state index contributed by atoms with van der Waals surface area (Å²) < 4.78 is 6.29. The third kappa shape index (κ3) is 3.75. The van der Waals surface area contributed by atoms with Gasteiger partial charge in [0, 0.05) is 12.8 Å². The molecular formula is C17H14N4O2S2. The largest absolute Gasteiger partial charge is 0.339 e. The van der Waals surface area contributed by atoms with Crippen LogP contribution in [0.3, 0.4) is 0 Å². The molecule has 3 aromatic heterocycles. The number of carbonyl (C=O) groups excluding carboxylic acids is 1. The molecule has 1 amide bonds. The average molecular weight is 370 g/mol. The number of para-hydroxylation sites is 1. The lowest BCUT2D eigenvalue weighted by Crippen LogP contribution is -2.11. The molecule has 1 aromatic carbocycles. The first kappa shape index (κ1) is 15.9. The van der Waals surface area contributed by atoms with Crippen molar-refractivity contribution in [2.45, 2.75) is 19.3 Å². The highest BCUT2D eigenvalue weighted by molar-refractivity contribution is 7.22. The van der Waals surface area contributed by atoms with Gasteiger partial charge >= 0.3 is 0 Å². The van der Waals surface area contributed by atoms with Gasteiger partial charge in [-0.2, -0.15) is 4.98 Å². The summed E-state index contributed by atoms with van der Waals surface area (Å²) in [6.45, 7) is 0. The molecule has 4 aromatic rings. The van der Waals surface area contributed by atoms with Gasteiger partial charge in [-0.3, -0.25) is 4.79 Å². The molecule has 4 rings (SSSR count). The summed E-state index contributed by atoms with van der Waals surface area (Å²) in [5.41, 5.74) is 0.898. The van der Waals surface area contributed by atoms with E-state index in [4.69, 9.17) is 4.52 Å². The Hall–Kier alpha value is -2.58. The number of hydrogen-bond acceptors (Lipinski definition) is 7. The van der Waals surface area contributed by atoms with Crippen molar-refractivity contribution in [3.63, 3.8) is 0 Å². The van der Waals surface area contributed by atoms with Crippen LogP contribution in [-0.4, -0.2) is 21.0 Å². The smallest absolute Gasteiger partial charge is 0.226 e. The van der Waals surface area contributed by atoms with E-state index in [1.165, 1.54) is 11.3 Å². The second-order valence-corrected chi connectivity index (χ2v) is 7.36. The lowest BCUT2D eigenvalue weighted by molar-refractivity contribution is -0.116. The number of anilines is 1. The van der Waals surface area contributed by atoms with Crippen molar-refractivity contribution in [2.75, 3.05) is 5.32 Å². The predicted molar refractivity (Wildman–Crippen MR) is 98.8 cm³/mol. The monoisotopic (exact) mass is 370 g/mol. The Labute approximate surface area is 151 Å². The van der Waals surface area contributed by atoms with Gasteiger partial charge in [0.15, 0.2) is 5.13 Å². The third-order valence-corrected chi connectivity index (χ3v) is 5.36. The summed E-state index contributed by atoms with van der Waals surface area (Å²) in [5.74, 6) is 1.09. The van der Waals surface area contributed by atoms with E-state index in [0.717, 1.165) is 15.1 Å². The number of thiophene rings is 1. The van der Waals surface area contributed by atoms with E-state index in [9.17, 15) is 4.79 Å². The van der Waals surface area contributed by atoms with Crippen LogP contribution in [0.4, 0.5) is 5.13 Å². The molecule has 8 heteroatoms. The normalized spacial score (nSPS) is 11.0. The van der Waals surface area contributed by atoms with Gasteiger partial charge in [-0.15, -0.1) is 11.3 Å². The molecule has 0 saturated heterocycles. The molecule has 0 unspecified atom stereocenters. The van der Waals surface area contributed by atoms with Crippen LogP contribution in [0.5, 0.6) is 0 Å². The van der Waals surface area contributed by atoms with E-state index in [1.807, 2.05) is 41.8 Å². The van der Waals surface area contributed by atoms with Gasteiger partial charge in [0.1, 0.15) is 0 Å². The number of fused-ring (bicyclic) bond motifs is 1. The quantitative estimate of drug-likeness (QED) is 0.545. The fraction of sp³-hybridized carbons (Fsp3) is 0.176. The Morgan fingerprint density at radius 1 is 1.16 bits per heavy atom. The average Bonchev–Trinajstić information content (AvgIpc) is 3.34. The molecule has 1 N–H and O–H groups in total. The lowest BCUT2D eigenvalue weighted by atomic mass is 10.2. The van der Waals surface area contributed by atoms with E-state index in [1.54, 1.807) is 11.3 Å². The molecular weight excluding hydrogens is 356 g/mol. The van der Waals surface area contributed by atoms with Crippen LogP contribution >= 0.6 is 22.7 Å². The lowest BCUT2D eigenvalue weighted by Gasteiger charge is -1.99. The SMILES string of the molecule is O=C(CCCc1nc(-c2cccs2)no1)Nc1nc2ccccc2s1. The van der Waals surface area contributed by atoms with Crippen LogP contribution in [0, 0.1) is 0 Å². The molecule has 0 aliphatic rings. The first-order valence-corrected chi connectivity index (χ1v) is 9.49. The highest BCUT2D eigenvalue weighted by atomic mass is 32.1. The molecule has 0 bridgehead atoms. The van der Waals surface area contributed by atoms with Gasteiger partial charge in [0.25, 0.3) is 0 Å². The number of carbonyl (C=O) groups is 1. The highest BCUT2D eigenvalue weighted by Crippen LogP contribution is 2.25. The van der Waals surface area contributed by atoms with E-state index in [0.29, 0.717) is 36.1 Å². The molecule has 25 heavy (non-hydrogen) atoms. The zero-order valence-electron chi connectivity index (χ0n) is 13.1. The van der Waals surface area contributed by atoms with Crippen molar-refractivity contribution >= 4 is 43.9 Å². The number of hydrogen-bond donors (Lipinski definition) is 1. The summed E-state index contributed by atoms with van der Waals surface area (Å²) in [7, 11) is 0. The molecule has 0 spiro atoms. The molecule has 0 saturated carbocycles. The standard InChI is InChI=1S/C17H14N4O2S2/c22-14(19-17-18-11-5-1-2-6-12(11)25-17)8-3-9-15-20-16(21-23-15)13-7-4-10-24-13/h1-2,4-7,10H,3,8-9H2,(H,18,19,22). The Morgan fingerprint density at radius 2 is 2.08 bits per heavy atom. The molecule has 126 valence electrons. The number of benzene rings is 1. The summed E-state index contributed by atoms with van der Waals surface area (Å²) >= 11 is 3.04. The van der Waals surface area contributed by atoms with Crippen LogP contribution in [0.2, 0.25) is 0 Å². The minimum atomic E-state index is -0.0583. The van der Waals surface area contributed by atoms with Gasteiger partial charge in [-0.25, -0.2) is 4.98 Å². The number of amides is 1. The maximum atomic E-state index is 12.1. The van der Waals surface area contributed by atoms with Gasteiger partial charge in [-0.05, 0) is 30.0 Å². The molecule has 3 heterocycles. The van der Waals surface area contributed by atoms with Crippen LogP contribution in [-0.2, 0) is 11.2 Å². The number of rotatable bonds is 6. The van der Waals surface area contributed by atoms with Crippen LogP contribution in [0.1, 0.15) is 18.7 Å². The predicted octanol–water partition coefficient (Wildman–Crippen LogP) is 4.37.